The van der Waals surface area contributed by atoms with Gasteiger partial charge in [-0.15, -0.1) is 0 Å². The first kappa shape index (κ1) is 11.7. The van der Waals surface area contributed by atoms with Crippen molar-refractivity contribution in [1.82, 2.24) is 4.98 Å². The highest BCUT2D eigenvalue weighted by molar-refractivity contribution is 5.76. The second-order valence-corrected chi connectivity index (χ2v) is 3.31. The number of pyridine rings is 1. The number of aromatic nitrogens is 1. The molecule has 0 bridgehead atoms. The Bertz CT molecular complexity index is 339. The molecule has 0 aliphatic rings. The van der Waals surface area contributed by atoms with E-state index in [1.165, 1.54) is 0 Å². The molecule has 0 radical (unpaired) electrons. The lowest BCUT2D eigenvalue weighted by molar-refractivity contribution is 0.0709. The lowest BCUT2D eigenvalue weighted by Crippen LogP contribution is -2.16. The fraction of sp³-hybridized carbons (Fsp3) is 0.455. The number of hydrogen-bond acceptors (Lipinski definition) is 4. The lowest BCUT2D eigenvalue weighted by atomic mass is 10.3. The highest BCUT2D eigenvalue weighted by Crippen LogP contribution is 2.15. The Kier molecular flexibility index (Phi) is 4.24. The third kappa shape index (κ3) is 3.32. The molecule has 1 atom stereocenters. The number of nitrogens with zero attached hydrogens (tertiary/aromatic N) is 1. The van der Waals surface area contributed by atoms with Gasteiger partial charge in [0, 0.05) is 12.8 Å². The molecule has 0 saturated heterocycles. The summed E-state index contributed by atoms with van der Waals surface area (Å²) in [4.78, 5) is 14.8. The van der Waals surface area contributed by atoms with Crippen LogP contribution in [0.5, 0.6) is 5.75 Å². The lowest BCUT2D eigenvalue weighted by Gasteiger charge is -2.12. The maximum Gasteiger partial charge on any atom is 0.172 e. The number of methoxy groups -OCH3 is 1. The van der Waals surface area contributed by atoms with E-state index in [1.807, 2.05) is 13.8 Å². The summed E-state index contributed by atoms with van der Waals surface area (Å²) in [5.41, 5.74) is 1.13. The Balaban J connectivity index is 2.72. The SMILES string of the molecule is COC(C)COc1ccc(C)nc1C=O. The van der Waals surface area contributed by atoms with Crippen LogP contribution >= 0.6 is 0 Å². The zero-order chi connectivity index (χ0) is 11.3. The monoisotopic (exact) mass is 209 g/mol. The van der Waals surface area contributed by atoms with Crippen molar-refractivity contribution in [2.24, 2.45) is 0 Å². The summed E-state index contributed by atoms with van der Waals surface area (Å²) in [7, 11) is 1.61. The van der Waals surface area contributed by atoms with Crippen LogP contribution in [0.3, 0.4) is 0 Å². The molecule has 15 heavy (non-hydrogen) atoms. The van der Waals surface area contributed by atoms with Crippen LogP contribution < -0.4 is 4.74 Å². The molecule has 1 heterocycles. The van der Waals surface area contributed by atoms with Crippen LogP contribution in [-0.4, -0.2) is 31.1 Å². The van der Waals surface area contributed by atoms with E-state index < -0.39 is 0 Å². The molecular weight excluding hydrogens is 194 g/mol. The normalized spacial score (nSPS) is 12.2. The largest absolute Gasteiger partial charge is 0.489 e. The number of ether oxygens (including phenoxy) is 2. The molecule has 0 saturated carbocycles. The van der Waals surface area contributed by atoms with Crippen molar-refractivity contribution >= 4 is 6.29 Å². The van der Waals surface area contributed by atoms with Gasteiger partial charge in [-0.05, 0) is 26.0 Å². The van der Waals surface area contributed by atoms with Gasteiger partial charge in [-0.1, -0.05) is 0 Å². The average Bonchev–Trinajstić information content (AvgIpc) is 2.26. The first-order valence-electron chi connectivity index (χ1n) is 4.75. The van der Waals surface area contributed by atoms with Crippen molar-refractivity contribution in [2.75, 3.05) is 13.7 Å². The van der Waals surface area contributed by atoms with Crippen LogP contribution in [-0.2, 0) is 4.74 Å². The predicted molar refractivity (Wildman–Crippen MR) is 56.3 cm³/mol. The van der Waals surface area contributed by atoms with Crippen LogP contribution in [0.1, 0.15) is 23.1 Å². The van der Waals surface area contributed by atoms with Crippen LogP contribution in [0, 0.1) is 6.92 Å². The number of carbonyl (C=O) groups excluding carboxylic acids is 1. The summed E-state index contributed by atoms with van der Waals surface area (Å²) in [5.74, 6) is 0.500. The van der Waals surface area contributed by atoms with Gasteiger partial charge >= 0.3 is 0 Å². The molecule has 0 amide bonds. The van der Waals surface area contributed by atoms with E-state index in [0.717, 1.165) is 5.69 Å². The molecule has 1 rings (SSSR count). The van der Waals surface area contributed by atoms with E-state index >= 15 is 0 Å². The number of carbonyl (C=O) groups is 1. The molecular formula is C11H15NO3. The fourth-order valence-electron chi connectivity index (χ4n) is 1.05. The van der Waals surface area contributed by atoms with Crippen LogP contribution in [0.2, 0.25) is 0 Å². The number of aldehydes is 1. The zero-order valence-corrected chi connectivity index (χ0v) is 9.19. The zero-order valence-electron chi connectivity index (χ0n) is 9.19. The first-order chi connectivity index (χ1) is 7.17. The van der Waals surface area contributed by atoms with Crippen LogP contribution in [0.15, 0.2) is 12.1 Å². The topological polar surface area (TPSA) is 48.4 Å². The Morgan fingerprint density at radius 3 is 2.87 bits per heavy atom. The average molecular weight is 209 g/mol. The van der Waals surface area contributed by atoms with Gasteiger partial charge < -0.3 is 9.47 Å². The Morgan fingerprint density at radius 1 is 1.53 bits per heavy atom. The third-order valence-electron chi connectivity index (χ3n) is 2.01. The highest BCUT2D eigenvalue weighted by atomic mass is 16.5. The van der Waals surface area contributed by atoms with E-state index in [2.05, 4.69) is 4.98 Å². The number of aryl methyl sites for hydroxylation is 1. The molecule has 1 unspecified atom stereocenters. The quantitative estimate of drug-likeness (QED) is 0.691. The Labute approximate surface area is 89.2 Å². The minimum absolute atomic E-state index is 0.00851. The molecule has 1 aromatic rings. The van der Waals surface area contributed by atoms with Gasteiger partial charge in [0.05, 0.1) is 6.10 Å². The summed E-state index contributed by atoms with van der Waals surface area (Å²) < 4.78 is 10.5. The van der Waals surface area contributed by atoms with Crippen molar-refractivity contribution in [2.45, 2.75) is 20.0 Å². The predicted octanol–water partition coefficient (Wildman–Crippen LogP) is 1.62. The molecule has 0 aliphatic carbocycles. The number of hydrogen-bond donors (Lipinski definition) is 0. The van der Waals surface area contributed by atoms with Gasteiger partial charge in [0.1, 0.15) is 18.1 Å². The molecule has 0 fully saturated rings. The van der Waals surface area contributed by atoms with Gasteiger partial charge in [0.15, 0.2) is 6.29 Å². The van der Waals surface area contributed by atoms with Gasteiger partial charge in [0.2, 0.25) is 0 Å². The molecule has 4 heteroatoms. The molecule has 0 spiro atoms. The summed E-state index contributed by atoms with van der Waals surface area (Å²) in [6, 6.07) is 3.55. The van der Waals surface area contributed by atoms with Gasteiger partial charge in [-0.2, -0.15) is 0 Å². The molecule has 82 valence electrons. The van der Waals surface area contributed by atoms with Crippen molar-refractivity contribution in [3.05, 3.63) is 23.5 Å². The molecule has 1 aromatic heterocycles. The third-order valence-corrected chi connectivity index (χ3v) is 2.01. The smallest absolute Gasteiger partial charge is 0.172 e. The molecule has 0 aliphatic heterocycles. The van der Waals surface area contributed by atoms with E-state index in [1.54, 1.807) is 19.2 Å². The van der Waals surface area contributed by atoms with E-state index in [0.29, 0.717) is 24.3 Å². The van der Waals surface area contributed by atoms with Gasteiger partial charge in [-0.3, -0.25) is 4.79 Å². The second-order valence-electron chi connectivity index (χ2n) is 3.31. The second kappa shape index (κ2) is 5.46. The van der Waals surface area contributed by atoms with E-state index in [9.17, 15) is 4.79 Å². The van der Waals surface area contributed by atoms with Crippen LogP contribution in [0.25, 0.3) is 0 Å². The van der Waals surface area contributed by atoms with Crippen molar-refractivity contribution in [1.29, 1.82) is 0 Å². The Hall–Kier alpha value is -1.42. The molecule has 4 nitrogen and oxygen atoms in total. The van der Waals surface area contributed by atoms with Crippen molar-refractivity contribution < 1.29 is 14.3 Å². The highest BCUT2D eigenvalue weighted by Gasteiger charge is 2.06. The van der Waals surface area contributed by atoms with E-state index in [-0.39, 0.29) is 6.10 Å². The summed E-state index contributed by atoms with van der Waals surface area (Å²) in [6.45, 7) is 4.12. The summed E-state index contributed by atoms with van der Waals surface area (Å²) in [5, 5.41) is 0. The van der Waals surface area contributed by atoms with Crippen LogP contribution in [0.4, 0.5) is 0 Å². The minimum Gasteiger partial charge on any atom is -0.489 e. The number of rotatable bonds is 5. The van der Waals surface area contributed by atoms with Crippen molar-refractivity contribution in [3.8, 4) is 5.75 Å². The maximum atomic E-state index is 10.7. The molecule has 0 N–H and O–H groups in total. The summed E-state index contributed by atoms with van der Waals surface area (Å²) in [6.07, 6.45) is 0.686. The van der Waals surface area contributed by atoms with Gasteiger partial charge in [0.25, 0.3) is 0 Å². The van der Waals surface area contributed by atoms with E-state index in [4.69, 9.17) is 9.47 Å². The standard InChI is InChI=1S/C11H15NO3/c1-8-4-5-11(10(6-13)12-8)15-7-9(2)14-3/h4-6,9H,7H2,1-3H3. The van der Waals surface area contributed by atoms with Gasteiger partial charge in [-0.25, -0.2) is 4.98 Å². The minimum atomic E-state index is -0.00851. The summed E-state index contributed by atoms with van der Waals surface area (Å²) >= 11 is 0. The van der Waals surface area contributed by atoms with Crippen molar-refractivity contribution in [3.63, 3.8) is 0 Å². The first-order valence-corrected chi connectivity index (χ1v) is 4.75. The fourth-order valence-corrected chi connectivity index (χ4v) is 1.05. The Morgan fingerprint density at radius 2 is 2.27 bits per heavy atom. The molecule has 0 aromatic carbocycles. The maximum absolute atomic E-state index is 10.7.